The molecule has 0 fully saturated rings. The van der Waals surface area contributed by atoms with Gasteiger partial charge in [0.1, 0.15) is 11.2 Å². The van der Waals surface area contributed by atoms with Crippen LogP contribution in [0.3, 0.4) is 0 Å². The van der Waals surface area contributed by atoms with Crippen LogP contribution in [-0.4, -0.2) is 19.4 Å². The van der Waals surface area contributed by atoms with Crippen molar-refractivity contribution in [2.24, 2.45) is 0 Å². The molecule has 0 bridgehead atoms. The molecule has 35 heavy (non-hydrogen) atoms. The molecule has 3 aromatic carbocycles. The van der Waals surface area contributed by atoms with Gasteiger partial charge in [-0.2, -0.15) is 0 Å². The van der Waals surface area contributed by atoms with Crippen molar-refractivity contribution in [3.05, 3.63) is 108 Å². The van der Waals surface area contributed by atoms with Crippen molar-refractivity contribution >= 4 is 38.5 Å². The minimum Gasteiger partial charge on any atom is -0.276 e. The van der Waals surface area contributed by atoms with Crippen LogP contribution < -0.4 is 0 Å². The van der Waals surface area contributed by atoms with Gasteiger partial charge in [0, 0.05) is 34.7 Å². The predicted molar refractivity (Wildman–Crippen MR) is 140 cm³/mol. The molecule has 0 radical (unpaired) electrons. The van der Waals surface area contributed by atoms with Gasteiger partial charge in [0.25, 0.3) is 0 Å². The smallest absolute Gasteiger partial charge is 0.164 e. The average molecular weight is 447 g/mol. The highest BCUT2D eigenvalue weighted by Crippen LogP contribution is 2.50. The van der Waals surface area contributed by atoms with Crippen LogP contribution in [-0.2, 0) is 12.8 Å². The zero-order chi connectivity index (χ0) is 22.7. The molecule has 162 valence electrons. The number of benzene rings is 3. The van der Waals surface area contributed by atoms with Crippen LogP contribution in [0.25, 0.3) is 60.7 Å². The third kappa shape index (κ3) is 2.11. The van der Waals surface area contributed by atoms with Gasteiger partial charge < -0.3 is 0 Å². The van der Waals surface area contributed by atoms with Crippen molar-refractivity contribution in [3.63, 3.8) is 0 Å². The lowest BCUT2D eigenvalue weighted by atomic mass is 9.93. The normalized spacial score (nSPS) is 13.5. The zero-order valence-corrected chi connectivity index (χ0v) is 18.8. The van der Waals surface area contributed by atoms with E-state index in [1.807, 2.05) is 30.7 Å². The molecule has 0 saturated carbocycles. The Labute approximate surface area is 200 Å². The van der Waals surface area contributed by atoms with Crippen molar-refractivity contribution in [1.82, 2.24) is 19.4 Å². The number of imidazole rings is 1. The molecule has 2 aliphatic rings. The van der Waals surface area contributed by atoms with E-state index in [0.717, 1.165) is 45.9 Å². The third-order valence-corrected chi connectivity index (χ3v) is 7.99. The van der Waals surface area contributed by atoms with Gasteiger partial charge >= 0.3 is 0 Å². The lowest BCUT2D eigenvalue weighted by Gasteiger charge is -2.13. The van der Waals surface area contributed by atoms with Gasteiger partial charge in [-0.25, -0.2) is 9.97 Å². The highest BCUT2D eigenvalue weighted by Gasteiger charge is 2.30. The Morgan fingerprint density at radius 2 is 1.57 bits per heavy atom. The Morgan fingerprint density at radius 1 is 0.657 bits per heavy atom. The molecule has 7 aromatic rings. The van der Waals surface area contributed by atoms with Gasteiger partial charge in [-0.3, -0.25) is 9.38 Å². The van der Waals surface area contributed by atoms with E-state index in [4.69, 9.17) is 4.98 Å². The standard InChI is InChI=1S/C31H18N4/c1-2-5-19-17(4-1)14-23-20(19)8-7-18-15-24-21(28(18)23)9-10-22-29(24)25-16-32-13-11-27(25)35-30(22)34-26-6-3-12-33-31(26)35/h1-13,16H,14-15H2. The largest absolute Gasteiger partial charge is 0.276 e. The average Bonchev–Trinajstić information content (AvgIpc) is 3.59. The Hall–Kier alpha value is -4.57. The summed E-state index contributed by atoms with van der Waals surface area (Å²) in [4.78, 5) is 14.2. The van der Waals surface area contributed by atoms with Gasteiger partial charge in [-0.1, -0.05) is 42.5 Å². The molecule has 0 unspecified atom stereocenters. The monoisotopic (exact) mass is 446 g/mol. The second-order valence-corrected chi connectivity index (χ2v) is 9.66. The highest BCUT2D eigenvalue weighted by molar-refractivity contribution is 6.17. The summed E-state index contributed by atoms with van der Waals surface area (Å²) in [6.45, 7) is 0. The molecule has 4 aromatic heterocycles. The van der Waals surface area contributed by atoms with E-state index in [0.29, 0.717) is 0 Å². The van der Waals surface area contributed by atoms with Gasteiger partial charge in [-0.15, -0.1) is 0 Å². The maximum Gasteiger partial charge on any atom is 0.164 e. The molecule has 4 heterocycles. The van der Waals surface area contributed by atoms with E-state index < -0.39 is 0 Å². The molecule has 4 nitrogen and oxygen atoms in total. The summed E-state index contributed by atoms with van der Waals surface area (Å²) in [5.74, 6) is 0. The van der Waals surface area contributed by atoms with Crippen LogP contribution in [0.2, 0.25) is 0 Å². The molecular weight excluding hydrogens is 428 g/mol. The molecule has 0 atom stereocenters. The van der Waals surface area contributed by atoms with E-state index in [2.05, 4.69) is 69.0 Å². The van der Waals surface area contributed by atoms with Crippen molar-refractivity contribution in [3.8, 4) is 22.3 Å². The maximum atomic E-state index is 5.03. The van der Waals surface area contributed by atoms with Crippen molar-refractivity contribution in [2.45, 2.75) is 12.8 Å². The molecular formula is C31H18N4. The first-order valence-electron chi connectivity index (χ1n) is 12.0. The summed E-state index contributed by atoms with van der Waals surface area (Å²) >= 11 is 0. The van der Waals surface area contributed by atoms with Crippen LogP contribution in [0.1, 0.15) is 22.3 Å². The zero-order valence-electron chi connectivity index (χ0n) is 18.8. The lowest BCUT2D eigenvalue weighted by Crippen LogP contribution is -1.95. The van der Waals surface area contributed by atoms with Crippen LogP contribution in [0.15, 0.2) is 85.3 Å². The molecule has 2 aliphatic carbocycles. The Bertz CT molecular complexity index is 2070. The van der Waals surface area contributed by atoms with Crippen molar-refractivity contribution in [1.29, 1.82) is 0 Å². The Morgan fingerprint density at radius 3 is 2.57 bits per heavy atom. The fraction of sp³-hybridized carbons (Fsp3) is 0.0645. The maximum absolute atomic E-state index is 5.03. The summed E-state index contributed by atoms with van der Waals surface area (Å²) in [7, 11) is 0. The molecule has 0 amide bonds. The first-order chi connectivity index (χ1) is 17.4. The fourth-order valence-corrected chi connectivity index (χ4v) is 6.59. The van der Waals surface area contributed by atoms with Crippen LogP contribution >= 0.6 is 0 Å². The summed E-state index contributed by atoms with van der Waals surface area (Å²) < 4.78 is 2.19. The van der Waals surface area contributed by atoms with E-state index >= 15 is 0 Å². The summed E-state index contributed by atoms with van der Waals surface area (Å²) in [6, 6.07) is 24.2. The quantitative estimate of drug-likeness (QED) is 0.243. The van der Waals surface area contributed by atoms with Crippen LogP contribution in [0.5, 0.6) is 0 Å². The first-order valence-corrected chi connectivity index (χ1v) is 12.0. The summed E-state index contributed by atoms with van der Waals surface area (Å²) in [6.07, 6.45) is 7.65. The fourth-order valence-electron chi connectivity index (χ4n) is 6.59. The van der Waals surface area contributed by atoms with Crippen LogP contribution in [0, 0.1) is 0 Å². The lowest BCUT2D eigenvalue weighted by molar-refractivity contribution is 1.23. The second-order valence-electron chi connectivity index (χ2n) is 9.66. The highest BCUT2D eigenvalue weighted by atomic mass is 15.1. The predicted octanol–water partition coefficient (Wildman–Crippen LogP) is 6.73. The molecule has 0 saturated heterocycles. The van der Waals surface area contributed by atoms with E-state index in [9.17, 15) is 0 Å². The summed E-state index contributed by atoms with van der Waals surface area (Å²) in [5.41, 5.74) is 15.1. The number of rotatable bonds is 0. The number of nitrogens with zero attached hydrogens (tertiary/aromatic N) is 4. The molecule has 0 spiro atoms. The third-order valence-electron chi connectivity index (χ3n) is 7.99. The molecule has 0 aliphatic heterocycles. The number of fused-ring (bicyclic) bond motifs is 16. The Balaban J connectivity index is 1.42. The van der Waals surface area contributed by atoms with Gasteiger partial charge in [0.15, 0.2) is 5.65 Å². The van der Waals surface area contributed by atoms with E-state index in [1.54, 1.807) is 0 Å². The van der Waals surface area contributed by atoms with E-state index in [1.165, 1.54) is 49.9 Å². The van der Waals surface area contributed by atoms with E-state index in [-0.39, 0.29) is 0 Å². The molecule has 0 N–H and O–H groups in total. The van der Waals surface area contributed by atoms with Gasteiger partial charge in [0.2, 0.25) is 0 Å². The SMILES string of the molecule is c1ccc2c(c1)Cc1c-2ccc2c1-c1ccc3c(c1C2)c1cnccc1n1c2ncccc2nc31. The van der Waals surface area contributed by atoms with Gasteiger partial charge in [-0.05, 0) is 81.6 Å². The topological polar surface area (TPSA) is 43.1 Å². The van der Waals surface area contributed by atoms with Crippen molar-refractivity contribution < 1.29 is 0 Å². The van der Waals surface area contributed by atoms with Crippen LogP contribution in [0.4, 0.5) is 0 Å². The number of aromatic nitrogens is 4. The van der Waals surface area contributed by atoms with Gasteiger partial charge in [0.05, 0.1) is 5.52 Å². The van der Waals surface area contributed by atoms with Crippen molar-refractivity contribution in [2.75, 3.05) is 0 Å². The molecule has 9 rings (SSSR count). The number of hydrogen-bond acceptors (Lipinski definition) is 3. The minimum absolute atomic E-state index is 0.889. The summed E-state index contributed by atoms with van der Waals surface area (Å²) in [5, 5.41) is 3.59. The number of hydrogen-bond donors (Lipinski definition) is 0. The number of pyridine rings is 3. The Kier molecular flexibility index (Phi) is 3.11. The second kappa shape index (κ2) is 6.10. The molecule has 4 heteroatoms. The first kappa shape index (κ1) is 17.8. The minimum atomic E-state index is 0.889.